The van der Waals surface area contributed by atoms with Crippen molar-refractivity contribution in [2.75, 3.05) is 6.61 Å². The van der Waals surface area contributed by atoms with E-state index in [1.54, 1.807) is 0 Å². The molecular formula is C9H14O2. The van der Waals surface area contributed by atoms with Crippen molar-refractivity contribution in [2.24, 2.45) is 5.41 Å². The zero-order valence-electron chi connectivity index (χ0n) is 6.71. The minimum Gasteiger partial charge on any atom is -0.378 e. The van der Waals surface area contributed by atoms with Crippen LogP contribution in [0, 0.1) is 5.41 Å². The molecule has 1 heterocycles. The first kappa shape index (κ1) is 7.29. The Morgan fingerprint density at radius 3 is 2.82 bits per heavy atom. The lowest BCUT2D eigenvalue weighted by atomic mass is 9.99. The fraction of sp³-hybridized carbons (Fsp3) is 0.889. The fourth-order valence-electron chi connectivity index (χ4n) is 1.79. The Hall–Kier alpha value is -0.370. The molecule has 1 atom stereocenters. The molecule has 0 aromatic heterocycles. The summed E-state index contributed by atoms with van der Waals surface area (Å²) in [6.07, 6.45) is 7.04. The summed E-state index contributed by atoms with van der Waals surface area (Å²) in [6.45, 7) is 0.902. The minimum absolute atomic E-state index is 0.0506. The van der Waals surface area contributed by atoms with Crippen molar-refractivity contribution >= 4 is 6.29 Å². The predicted molar refractivity (Wildman–Crippen MR) is 41.3 cm³/mol. The summed E-state index contributed by atoms with van der Waals surface area (Å²) in [6, 6.07) is 0. The Bertz CT molecular complexity index is 155. The van der Waals surface area contributed by atoms with Gasteiger partial charge in [0.05, 0.1) is 6.10 Å². The maximum absolute atomic E-state index is 10.6. The van der Waals surface area contributed by atoms with Gasteiger partial charge in [-0.25, -0.2) is 0 Å². The third-order valence-corrected chi connectivity index (χ3v) is 2.80. The smallest absolute Gasteiger partial charge is 0.126 e. The van der Waals surface area contributed by atoms with Crippen molar-refractivity contribution in [1.29, 1.82) is 0 Å². The lowest BCUT2D eigenvalue weighted by Crippen LogP contribution is -2.14. The van der Waals surface area contributed by atoms with Crippen LogP contribution < -0.4 is 0 Å². The number of hydrogen-bond acceptors (Lipinski definition) is 2. The van der Waals surface area contributed by atoms with E-state index in [1.165, 1.54) is 6.42 Å². The van der Waals surface area contributed by atoms with Crippen molar-refractivity contribution in [2.45, 2.75) is 38.2 Å². The third kappa shape index (κ3) is 1.45. The molecule has 0 N–H and O–H groups in total. The number of aldehydes is 1. The number of rotatable bonds is 3. The molecule has 1 aliphatic carbocycles. The van der Waals surface area contributed by atoms with Gasteiger partial charge >= 0.3 is 0 Å². The molecule has 2 rings (SSSR count). The maximum Gasteiger partial charge on any atom is 0.126 e. The first-order valence-corrected chi connectivity index (χ1v) is 4.43. The quantitative estimate of drug-likeness (QED) is 0.576. The Labute approximate surface area is 66.9 Å². The van der Waals surface area contributed by atoms with Crippen LogP contribution >= 0.6 is 0 Å². The molecule has 62 valence electrons. The summed E-state index contributed by atoms with van der Waals surface area (Å²) in [5.74, 6) is 0. The summed E-state index contributed by atoms with van der Waals surface area (Å²) < 4.78 is 5.47. The lowest BCUT2D eigenvalue weighted by molar-refractivity contribution is -0.113. The maximum atomic E-state index is 10.6. The monoisotopic (exact) mass is 154 g/mol. The molecule has 0 amide bonds. The average Bonchev–Trinajstić information content (AvgIpc) is 2.59. The van der Waals surface area contributed by atoms with Crippen LogP contribution in [-0.4, -0.2) is 19.0 Å². The highest BCUT2D eigenvalue weighted by molar-refractivity contribution is 5.63. The Balaban J connectivity index is 1.84. The van der Waals surface area contributed by atoms with Gasteiger partial charge in [-0.15, -0.1) is 0 Å². The predicted octanol–water partition coefficient (Wildman–Crippen LogP) is 1.53. The molecule has 1 unspecified atom stereocenters. The van der Waals surface area contributed by atoms with E-state index in [1.807, 2.05) is 0 Å². The van der Waals surface area contributed by atoms with Crippen molar-refractivity contribution in [3.05, 3.63) is 0 Å². The summed E-state index contributed by atoms with van der Waals surface area (Å²) >= 11 is 0. The molecule has 0 spiro atoms. The average molecular weight is 154 g/mol. The molecule has 1 aliphatic heterocycles. The van der Waals surface area contributed by atoms with Crippen LogP contribution in [0.5, 0.6) is 0 Å². The third-order valence-electron chi connectivity index (χ3n) is 2.80. The lowest BCUT2D eigenvalue weighted by Gasteiger charge is -2.12. The van der Waals surface area contributed by atoms with E-state index < -0.39 is 0 Å². The van der Waals surface area contributed by atoms with Gasteiger partial charge < -0.3 is 9.53 Å². The summed E-state index contributed by atoms with van der Waals surface area (Å²) in [7, 11) is 0. The topological polar surface area (TPSA) is 26.3 Å². The molecule has 1 saturated heterocycles. The summed E-state index contributed by atoms with van der Waals surface area (Å²) in [4.78, 5) is 10.6. The second-order valence-corrected chi connectivity index (χ2v) is 3.82. The zero-order chi connectivity index (χ0) is 7.73. The minimum atomic E-state index is 0.0506. The van der Waals surface area contributed by atoms with E-state index in [4.69, 9.17) is 4.74 Å². The van der Waals surface area contributed by atoms with Crippen LogP contribution in [0.3, 0.4) is 0 Å². The summed E-state index contributed by atoms with van der Waals surface area (Å²) in [5, 5.41) is 0. The first-order chi connectivity index (χ1) is 5.35. The molecule has 1 saturated carbocycles. The second-order valence-electron chi connectivity index (χ2n) is 3.82. The number of carbonyl (C=O) groups excluding carboxylic acids is 1. The van der Waals surface area contributed by atoms with Gasteiger partial charge in [0, 0.05) is 12.0 Å². The van der Waals surface area contributed by atoms with Gasteiger partial charge in [-0.05, 0) is 32.1 Å². The van der Waals surface area contributed by atoms with Gasteiger partial charge in [0.25, 0.3) is 0 Å². The molecular weight excluding hydrogens is 140 g/mol. The Morgan fingerprint density at radius 2 is 2.36 bits per heavy atom. The summed E-state index contributed by atoms with van der Waals surface area (Å²) in [5.41, 5.74) is 0.0506. The normalized spacial score (nSPS) is 33.6. The second kappa shape index (κ2) is 2.59. The van der Waals surface area contributed by atoms with Gasteiger partial charge in [-0.3, -0.25) is 0 Å². The van der Waals surface area contributed by atoms with E-state index in [0.29, 0.717) is 6.10 Å². The van der Waals surface area contributed by atoms with Crippen LogP contribution in [-0.2, 0) is 9.53 Å². The highest BCUT2D eigenvalue weighted by atomic mass is 16.5. The number of ether oxygens (including phenoxy) is 1. The Morgan fingerprint density at radius 1 is 1.55 bits per heavy atom. The molecule has 0 aromatic carbocycles. The van der Waals surface area contributed by atoms with Crippen LogP contribution in [0.25, 0.3) is 0 Å². The van der Waals surface area contributed by atoms with E-state index >= 15 is 0 Å². The molecule has 0 bridgehead atoms. The van der Waals surface area contributed by atoms with Crippen molar-refractivity contribution in [1.82, 2.24) is 0 Å². The molecule has 0 radical (unpaired) electrons. The Kier molecular flexibility index (Phi) is 1.72. The van der Waals surface area contributed by atoms with E-state index in [2.05, 4.69) is 0 Å². The van der Waals surface area contributed by atoms with E-state index in [-0.39, 0.29) is 5.41 Å². The van der Waals surface area contributed by atoms with Gasteiger partial charge in [-0.1, -0.05) is 0 Å². The molecule has 2 fully saturated rings. The van der Waals surface area contributed by atoms with E-state index in [0.717, 1.165) is 38.6 Å². The number of carbonyl (C=O) groups is 1. The van der Waals surface area contributed by atoms with Gasteiger partial charge in [0.15, 0.2) is 0 Å². The first-order valence-electron chi connectivity index (χ1n) is 4.43. The van der Waals surface area contributed by atoms with Crippen LogP contribution in [0.15, 0.2) is 0 Å². The van der Waals surface area contributed by atoms with Gasteiger partial charge in [-0.2, -0.15) is 0 Å². The molecule has 2 nitrogen and oxygen atoms in total. The van der Waals surface area contributed by atoms with E-state index in [9.17, 15) is 4.79 Å². The van der Waals surface area contributed by atoms with Crippen molar-refractivity contribution in [3.63, 3.8) is 0 Å². The highest BCUT2D eigenvalue weighted by Gasteiger charge is 2.44. The molecule has 2 heteroatoms. The zero-order valence-corrected chi connectivity index (χ0v) is 6.71. The van der Waals surface area contributed by atoms with Crippen molar-refractivity contribution in [3.8, 4) is 0 Å². The van der Waals surface area contributed by atoms with Crippen LogP contribution in [0.4, 0.5) is 0 Å². The van der Waals surface area contributed by atoms with Gasteiger partial charge in [0.1, 0.15) is 6.29 Å². The van der Waals surface area contributed by atoms with Crippen molar-refractivity contribution < 1.29 is 9.53 Å². The fourth-order valence-corrected chi connectivity index (χ4v) is 1.79. The van der Waals surface area contributed by atoms with Gasteiger partial charge in [0.2, 0.25) is 0 Å². The number of hydrogen-bond donors (Lipinski definition) is 0. The van der Waals surface area contributed by atoms with Crippen LogP contribution in [0.2, 0.25) is 0 Å². The highest BCUT2D eigenvalue weighted by Crippen LogP contribution is 2.48. The SMILES string of the molecule is O=CC1(CC2CCCO2)CC1. The molecule has 11 heavy (non-hydrogen) atoms. The molecule has 2 aliphatic rings. The van der Waals surface area contributed by atoms with Crippen LogP contribution in [0.1, 0.15) is 32.1 Å². The molecule has 0 aromatic rings. The largest absolute Gasteiger partial charge is 0.378 e. The standard InChI is InChI=1S/C9H14O2/c10-7-9(3-4-9)6-8-2-1-5-11-8/h7-8H,1-6H2.